The highest BCUT2D eigenvalue weighted by Crippen LogP contribution is 2.44. The van der Waals surface area contributed by atoms with Gasteiger partial charge in [0, 0.05) is 0 Å². The molecule has 1 aliphatic heterocycles. The number of benzene rings is 1. The summed E-state index contributed by atoms with van der Waals surface area (Å²) in [5.41, 5.74) is -3.51. The van der Waals surface area contributed by atoms with Crippen molar-refractivity contribution in [3.05, 3.63) is 23.8 Å². The lowest BCUT2D eigenvalue weighted by Gasteiger charge is -2.45. The summed E-state index contributed by atoms with van der Waals surface area (Å²) < 4.78 is 50.4. The smallest absolute Gasteiger partial charge is 0.437 e. The lowest BCUT2D eigenvalue weighted by atomic mass is 9.82. The van der Waals surface area contributed by atoms with Crippen molar-refractivity contribution in [3.63, 3.8) is 0 Å². The Morgan fingerprint density at radius 3 is 2.62 bits per heavy atom. The summed E-state index contributed by atoms with van der Waals surface area (Å²) >= 11 is 4.78. The fourth-order valence-corrected chi connectivity index (χ4v) is 2.98. The normalized spacial score (nSPS) is 25.8. The lowest BCUT2D eigenvalue weighted by Crippen LogP contribution is -2.73. The molecule has 1 fully saturated rings. The first-order valence-corrected chi connectivity index (χ1v) is 7.87. The van der Waals surface area contributed by atoms with Crippen LogP contribution in [0.3, 0.4) is 0 Å². The van der Waals surface area contributed by atoms with Crippen molar-refractivity contribution in [1.29, 1.82) is 0 Å². The van der Waals surface area contributed by atoms with Crippen LogP contribution in [-0.2, 0) is 9.53 Å². The molecule has 4 N–H and O–H groups in total. The number of ether oxygens (including phenoxy) is 2. The largest absolute Gasteiger partial charge is 0.504 e. The third-order valence-corrected chi connectivity index (χ3v) is 4.13. The van der Waals surface area contributed by atoms with Gasteiger partial charge >= 0.3 is 12.1 Å². The van der Waals surface area contributed by atoms with Crippen LogP contribution in [0.1, 0.15) is 18.5 Å². The minimum atomic E-state index is -5.23. The average Bonchev–Trinajstić information content (AvgIpc) is 2.53. The highest BCUT2D eigenvalue weighted by molar-refractivity contribution is 7.80. The van der Waals surface area contributed by atoms with Crippen molar-refractivity contribution in [2.24, 2.45) is 5.92 Å². The van der Waals surface area contributed by atoms with E-state index in [0.717, 1.165) is 0 Å². The number of alkyl halides is 3. The molecular weight excluding hydrogens is 377 g/mol. The van der Waals surface area contributed by atoms with Crippen molar-refractivity contribution in [1.82, 2.24) is 10.6 Å². The second-order valence-electron chi connectivity index (χ2n) is 5.50. The molecule has 0 spiro atoms. The summed E-state index contributed by atoms with van der Waals surface area (Å²) in [6.45, 7) is 1.25. The van der Waals surface area contributed by atoms with Gasteiger partial charge in [-0.25, -0.2) is 0 Å². The van der Waals surface area contributed by atoms with Crippen molar-refractivity contribution < 1.29 is 37.7 Å². The molecular formula is C15H17F3N2O5S. The lowest BCUT2D eigenvalue weighted by molar-refractivity contribution is -0.292. The van der Waals surface area contributed by atoms with Crippen LogP contribution in [0, 0.1) is 5.92 Å². The quantitative estimate of drug-likeness (QED) is 0.449. The van der Waals surface area contributed by atoms with Gasteiger partial charge in [-0.05, 0) is 36.8 Å². The highest BCUT2D eigenvalue weighted by Gasteiger charge is 2.66. The SMILES string of the molecule is CCOC(=O)[C@@H]1[C@H](c2ccc(O)c(OC)c2)NC(=S)N[C@@]1(O)C(F)(F)F. The zero-order chi connectivity index (χ0) is 19.7. The van der Waals surface area contributed by atoms with Gasteiger partial charge in [0.25, 0.3) is 5.72 Å². The first-order chi connectivity index (χ1) is 12.0. The number of methoxy groups -OCH3 is 1. The van der Waals surface area contributed by atoms with E-state index < -0.39 is 34.9 Å². The summed E-state index contributed by atoms with van der Waals surface area (Å²) in [6.07, 6.45) is -5.23. The molecule has 1 heterocycles. The van der Waals surface area contributed by atoms with E-state index in [1.165, 1.54) is 32.2 Å². The minimum absolute atomic E-state index is 0.0214. The van der Waals surface area contributed by atoms with Crippen molar-refractivity contribution >= 4 is 23.3 Å². The Labute approximate surface area is 152 Å². The van der Waals surface area contributed by atoms with E-state index in [4.69, 9.17) is 21.7 Å². The number of hydrogen-bond donors (Lipinski definition) is 4. The molecule has 7 nitrogen and oxygen atoms in total. The monoisotopic (exact) mass is 394 g/mol. The predicted octanol–water partition coefficient (Wildman–Crippen LogP) is 1.35. The number of esters is 1. The summed E-state index contributed by atoms with van der Waals surface area (Å²) in [5, 5.41) is 23.8. The first kappa shape index (κ1) is 20.0. The summed E-state index contributed by atoms with van der Waals surface area (Å²) in [4.78, 5) is 12.3. The number of halogens is 3. The summed E-state index contributed by atoms with van der Waals surface area (Å²) in [5.74, 6) is -3.64. The molecule has 1 aromatic carbocycles. The number of phenols is 1. The maximum Gasteiger partial charge on any atom is 0.437 e. The van der Waals surface area contributed by atoms with Gasteiger partial charge < -0.3 is 30.3 Å². The van der Waals surface area contributed by atoms with Gasteiger partial charge in [0.2, 0.25) is 0 Å². The Kier molecular flexibility index (Phi) is 5.52. The van der Waals surface area contributed by atoms with Crippen molar-refractivity contribution in [2.75, 3.05) is 13.7 Å². The second kappa shape index (κ2) is 7.16. The second-order valence-corrected chi connectivity index (χ2v) is 5.91. The number of rotatable bonds is 4. The third-order valence-electron chi connectivity index (χ3n) is 3.91. The van der Waals surface area contributed by atoms with E-state index >= 15 is 0 Å². The predicted molar refractivity (Wildman–Crippen MR) is 87.4 cm³/mol. The molecule has 0 amide bonds. The molecule has 1 aliphatic rings. The molecule has 11 heteroatoms. The Morgan fingerprint density at radius 2 is 2.08 bits per heavy atom. The fraction of sp³-hybridized carbons (Fsp3) is 0.467. The van der Waals surface area contributed by atoms with Gasteiger partial charge in [-0.1, -0.05) is 6.07 Å². The molecule has 144 valence electrons. The van der Waals surface area contributed by atoms with Crippen LogP contribution < -0.4 is 15.4 Å². The Morgan fingerprint density at radius 1 is 1.42 bits per heavy atom. The molecule has 0 unspecified atom stereocenters. The average molecular weight is 394 g/mol. The van der Waals surface area contributed by atoms with Gasteiger partial charge in [-0.15, -0.1) is 0 Å². The highest BCUT2D eigenvalue weighted by atomic mass is 32.1. The Balaban J connectivity index is 2.60. The Hall–Kier alpha value is -2.27. The molecule has 26 heavy (non-hydrogen) atoms. The Bertz CT molecular complexity index is 715. The van der Waals surface area contributed by atoms with E-state index in [0.29, 0.717) is 0 Å². The molecule has 0 aromatic heterocycles. The van der Waals surface area contributed by atoms with Gasteiger partial charge in [-0.3, -0.25) is 4.79 Å². The zero-order valence-electron chi connectivity index (χ0n) is 13.8. The number of aromatic hydroxyl groups is 1. The van der Waals surface area contributed by atoms with Gasteiger partial charge in [0.05, 0.1) is 19.8 Å². The number of nitrogens with one attached hydrogen (secondary N) is 2. The van der Waals surface area contributed by atoms with Gasteiger partial charge in [0.1, 0.15) is 5.92 Å². The number of hydrogen-bond acceptors (Lipinski definition) is 6. The maximum absolute atomic E-state index is 13.6. The van der Waals surface area contributed by atoms with Crippen LogP contribution in [0.5, 0.6) is 11.5 Å². The third kappa shape index (κ3) is 3.49. The zero-order valence-corrected chi connectivity index (χ0v) is 14.6. The fourth-order valence-electron chi connectivity index (χ4n) is 2.70. The van der Waals surface area contributed by atoms with Crippen LogP contribution in [0.2, 0.25) is 0 Å². The van der Waals surface area contributed by atoms with E-state index in [9.17, 15) is 28.2 Å². The number of carbonyl (C=O) groups excluding carboxylic acids is 1. The molecule has 0 saturated carbocycles. The van der Waals surface area contributed by atoms with Crippen LogP contribution in [0.15, 0.2) is 18.2 Å². The molecule has 0 bridgehead atoms. The number of thiocarbonyl (C=S) groups is 1. The van der Waals surface area contributed by atoms with Crippen LogP contribution in [0.25, 0.3) is 0 Å². The van der Waals surface area contributed by atoms with E-state index in [1.807, 2.05) is 0 Å². The minimum Gasteiger partial charge on any atom is -0.504 e. The summed E-state index contributed by atoms with van der Waals surface area (Å²) in [7, 11) is 1.26. The molecule has 0 radical (unpaired) electrons. The van der Waals surface area contributed by atoms with E-state index in [1.54, 1.807) is 5.32 Å². The molecule has 0 aliphatic carbocycles. The molecule has 2 rings (SSSR count). The number of phenolic OH excluding ortho intramolecular Hbond substituents is 1. The number of aliphatic hydroxyl groups is 1. The van der Waals surface area contributed by atoms with Crippen molar-refractivity contribution in [3.8, 4) is 11.5 Å². The molecule has 3 atom stereocenters. The van der Waals surface area contributed by atoms with Gasteiger partial charge in [-0.2, -0.15) is 13.2 Å². The summed E-state index contributed by atoms with van der Waals surface area (Å²) in [6, 6.07) is 2.33. The standard InChI is InChI=1S/C15H17F3N2O5S/c1-3-25-12(22)10-11(7-4-5-8(21)9(6-7)24-2)19-13(26)20-14(10,23)15(16,17)18/h4-6,10-11,21,23H,3H2,1-2H3,(H2,19,20,26)/t10-,11-,14-/m0/s1. The van der Waals surface area contributed by atoms with Crippen molar-refractivity contribution in [2.45, 2.75) is 24.9 Å². The van der Waals surface area contributed by atoms with E-state index in [-0.39, 0.29) is 23.7 Å². The van der Waals surface area contributed by atoms with Gasteiger partial charge in [0.15, 0.2) is 16.6 Å². The van der Waals surface area contributed by atoms with Crippen LogP contribution >= 0.6 is 12.2 Å². The van der Waals surface area contributed by atoms with Crippen LogP contribution in [-0.4, -0.2) is 46.9 Å². The van der Waals surface area contributed by atoms with Crippen LogP contribution in [0.4, 0.5) is 13.2 Å². The first-order valence-electron chi connectivity index (χ1n) is 7.46. The molecule has 1 saturated heterocycles. The number of carbonyl (C=O) groups is 1. The molecule has 1 aromatic rings. The van der Waals surface area contributed by atoms with E-state index in [2.05, 4.69) is 5.32 Å². The topological polar surface area (TPSA) is 100 Å². The maximum atomic E-state index is 13.6.